The molecule has 0 radical (unpaired) electrons. The molecule has 0 bridgehead atoms. The highest BCUT2D eigenvalue weighted by Gasteiger charge is 2.05. The van der Waals surface area contributed by atoms with Crippen molar-refractivity contribution < 1.29 is 4.74 Å². The van der Waals surface area contributed by atoms with Crippen molar-refractivity contribution in [3.63, 3.8) is 0 Å². The first-order chi connectivity index (χ1) is 9.74. The molecular weight excluding hydrogens is 274 g/mol. The van der Waals surface area contributed by atoms with Gasteiger partial charge in [-0.1, -0.05) is 35.9 Å². The summed E-state index contributed by atoms with van der Waals surface area (Å²) in [4.78, 5) is 0. The van der Waals surface area contributed by atoms with Crippen molar-refractivity contribution in [1.29, 1.82) is 0 Å². The minimum atomic E-state index is 0.516. The van der Waals surface area contributed by atoms with Gasteiger partial charge in [0.25, 0.3) is 0 Å². The van der Waals surface area contributed by atoms with Crippen LogP contribution in [0.3, 0.4) is 0 Å². The second-order valence-electron chi connectivity index (χ2n) is 4.44. The Kier molecular flexibility index (Phi) is 3.48. The fourth-order valence-corrected chi connectivity index (χ4v) is 2.34. The topological polar surface area (TPSA) is 53.1 Å². The Bertz CT molecular complexity index is 739. The fraction of sp³-hybridized carbons (Fsp3) is 0.133. The van der Waals surface area contributed by atoms with Crippen molar-refractivity contribution in [3.05, 3.63) is 53.7 Å². The Morgan fingerprint density at radius 1 is 1.10 bits per heavy atom. The molecule has 2 N–H and O–H groups in total. The Hall–Kier alpha value is -2.20. The van der Waals surface area contributed by atoms with Crippen molar-refractivity contribution in [2.75, 3.05) is 12.3 Å². The van der Waals surface area contributed by atoms with Gasteiger partial charge in [-0.3, -0.25) is 4.68 Å². The summed E-state index contributed by atoms with van der Waals surface area (Å²) in [6.45, 7) is 1.17. The molecule has 3 rings (SSSR count). The van der Waals surface area contributed by atoms with Crippen LogP contribution in [0.2, 0.25) is 5.02 Å². The summed E-state index contributed by atoms with van der Waals surface area (Å²) in [6, 6.07) is 13.4. The summed E-state index contributed by atoms with van der Waals surface area (Å²) in [7, 11) is 0. The highest BCUT2D eigenvalue weighted by atomic mass is 35.5. The Labute approximate surface area is 121 Å². The average molecular weight is 288 g/mol. The third kappa shape index (κ3) is 2.56. The predicted molar refractivity (Wildman–Crippen MR) is 81.1 cm³/mol. The molecular formula is C15H14ClN3O. The molecule has 2 aromatic carbocycles. The number of nitrogens with two attached hydrogens (primary N) is 1. The number of ether oxygens (including phenoxy) is 1. The number of benzene rings is 2. The molecule has 0 saturated heterocycles. The molecule has 0 unspecified atom stereocenters. The number of rotatable bonds is 4. The number of halogens is 1. The fourth-order valence-electron chi connectivity index (χ4n) is 2.11. The molecule has 0 amide bonds. The van der Waals surface area contributed by atoms with Gasteiger partial charge in [-0.05, 0) is 18.2 Å². The van der Waals surface area contributed by atoms with Crippen LogP contribution in [0.5, 0.6) is 5.75 Å². The highest BCUT2D eigenvalue weighted by molar-refractivity contribution is 6.35. The molecule has 0 fully saturated rings. The standard InChI is InChI=1S/C15H14ClN3O/c16-13-5-6-14(12-4-2-1-3-11(12)13)20-10-9-19-8-7-15(17)18-19/h1-8H,9-10H2,(H2,17,18). The van der Waals surface area contributed by atoms with Crippen molar-refractivity contribution in [2.45, 2.75) is 6.54 Å². The van der Waals surface area contributed by atoms with Gasteiger partial charge in [0.05, 0.1) is 6.54 Å². The van der Waals surface area contributed by atoms with Gasteiger partial charge in [-0.25, -0.2) is 0 Å². The largest absolute Gasteiger partial charge is 0.491 e. The zero-order chi connectivity index (χ0) is 13.9. The van der Waals surface area contributed by atoms with Crippen LogP contribution in [0.25, 0.3) is 10.8 Å². The van der Waals surface area contributed by atoms with Crippen molar-refractivity contribution in [1.82, 2.24) is 9.78 Å². The van der Waals surface area contributed by atoms with Crippen LogP contribution in [0.15, 0.2) is 48.7 Å². The second-order valence-corrected chi connectivity index (χ2v) is 4.85. The summed E-state index contributed by atoms with van der Waals surface area (Å²) in [5.74, 6) is 1.34. The zero-order valence-electron chi connectivity index (χ0n) is 10.8. The van der Waals surface area contributed by atoms with Gasteiger partial charge in [0.15, 0.2) is 0 Å². The van der Waals surface area contributed by atoms with E-state index in [0.717, 1.165) is 21.5 Å². The predicted octanol–water partition coefficient (Wildman–Crippen LogP) is 3.35. The average Bonchev–Trinajstić information content (AvgIpc) is 2.87. The maximum atomic E-state index is 6.18. The van der Waals surface area contributed by atoms with E-state index in [1.165, 1.54) is 0 Å². The monoisotopic (exact) mass is 287 g/mol. The normalized spacial score (nSPS) is 10.8. The summed E-state index contributed by atoms with van der Waals surface area (Å²) >= 11 is 6.18. The third-order valence-corrected chi connectivity index (χ3v) is 3.40. The minimum absolute atomic E-state index is 0.516. The molecule has 0 spiro atoms. The van der Waals surface area contributed by atoms with Gasteiger partial charge < -0.3 is 10.5 Å². The molecule has 0 saturated carbocycles. The van der Waals surface area contributed by atoms with E-state index in [-0.39, 0.29) is 0 Å². The molecule has 3 aromatic rings. The van der Waals surface area contributed by atoms with Gasteiger partial charge in [0.1, 0.15) is 18.2 Å². The van der Waals surface area contributed by atoms with E-state index in [0.29, 0.717) is 19.0 Å². The number of anilines is 1. The number of nitrogens with zero attached hydrogens (tertiary/aromatic N) is 2. The number of hydrogen-bond donors (Lipinski definition) is 1. The van der Waals surface area contributed by atoms with Crippen LogP contribution in [0, 0.1) is 0 Å². The molecule has 0 aliphatic heterocycles. The quantitative estimate of drug-likeness (QED) is 0.800. The van der Waals surface area contributed by atoms with Crippen molar-refractivity contribution in [3.8, 4) is 5.75 Å². The molecule has 5 heteroatoms. The molecule has 0 aliphatic carbocycles. The van der Waals surface area contributed by atoms with E-state index in [2.05, 4.69) is 5.10 Å². The Balaban J connectivity index is 1.76. The number of nitrogen functional groups attached to an aromatic ring is 1. The highest BCUT2D eigenvalue weighted by Crippen LogP contribution is 2.31. The number of hydrogen-bond acceptors (Lipinski definition) is 3. The smallest absolute Gasteiger partial charge is 0.145 e. The SMILES string of the molecule is Nc1ccn(CCOc2ccc(Cl)c3ccccc23)n1. The van der Waals surface area contributed by atoms with Crippen LogP contribution >= 0.6 is 11.6 Å². The molecule has 102 valence electrons. The zero-order valence-corrected chi connectivity index (χ0v) is 11.5. The molecule has 0 atom stereocenters. The molecule has 4 nitrogen and oxygen atoms in total. The van der Waals surface area contributed by atoms with Crippen LogP contribution in [-0.2, 0) is 6.54 Å². The lowest BCUT2D eigenvalue weighted by atomic mass is 10.1. The van der Waals surface area contributed by atoms with E-state index in [1.54, 1.807) is 10.7 Å². The van der Waals surface area contributed by atoms with Crippen LogP contribution in [0.1, 0.15) is 0 Å². The summed E-state index contributed by atoms with van der Waals surface area (Å²) < 4.78 is 7.58. The lowest BCUT2D eigenvalue weighted by Gasteiger charge is -2.10. The lowest BCUT2D eigenvalue weighted by molar-refractivity contribution is 0.294. The molecule has 1 heterocycles. The van der Waals surface area contributed by atoms with Gasteiger partial charge in [-0.15, -0.1) is 0 Å². The van der Waals surface area contributed by atoms with Crippen LogP contribution < -0.4 is 10.5 Å². The van der Waals surface area contributed by atoms with Crippen LogP contribution in [0.4, 0.5) is 5.82 Å². The van der Waals surface area contributed by atoms with E-state index < -0.39 is 0 Å². The number of aromatic nitrogens is 2. The lowest BCUT2D eigenvalue weighted by Crippen LogP contribution is -2.09. The van der Waals surface area contributed by atoms with Gasteiger partial charge in [-0.2, -0.15) is 5.10 Å². The van der Waals surface area contributed by atoms with E-state index in [9.17, 15) is 0 Å². The first kappa shape index (κ1) is 12.8. The summed E-state index contributed by atoms with van der Waals surface area (Å²) in [6.07, 6.45) is 1.83. The first-order valence-corrected chi connectivity index (χ1v) is 6.71. The van der Waals surface area contributed by atoms with Crippen molar-refractivity contribution >= 4 is 28.2 Å². The Morgan fingerprint density at radius 3 is 2.65 bits per heavy atom. The van der Waals surface area contributed by atoms with E-state index in [4.69, 9.17) is 22.1 Å². The number of fused-ring (bicyclic) bond motifs is 1. The maximum Gasteiger partial charge on any atom is 0.145 e. The molecule has 20 heavy (non-hydrogen) atoms. The second kappa shape index (κ2) is 5.43. The Morgan fingerprint density at radius 2 is 1.90 bits per heavy atom. The first-order valence-electron chi connectivity index (χ1n) is 6.33. The van der Waals surface area contributed by atoms with Crippen molar-refractivity contribution in [2.24, 2.45) is 0 Å². The molecule has 0 aliphatic rings. The minimum Gasteiger partial charge on any atom is -0.491 e. The van der Waals surface area contributed by atoms with Gasteiger partial charge in [0.2, 0.25) is 0 Å². The summed E-state index contributed by atoms with van der Waals surface area (Å²) in [5, 5.41) is 6.85. The van der Waals surface area contributed by atoms with E-state index >= 15 is 0 Å². The van der Waals surface area contributed by atoms with Crippen LogP contribution in [-0.4, -0.2) is 16.4 Å². The van der Waals surface area contributed by atoms with E-state index in [1.807, 2.05) is 42.6 Å². The summed E-state index contributed by atoms with van der Waals surface area (Å²) in [5.41, 5.74) is 5.57. The maximum absolute atomic E-state index is 6.18. The molecule has 1 aromatic heterocycles. The third-order valence-electron chi connectivity index (χ3n) is 3.07. The van der Waals surface area contributed by atoms with Gasteiger partial charge >= 0.3 is 0 Å². The van der Waals surface area contributed by atoms with Gasteiger partial charge in [0, 0.05) is 22.0 Å².